The summed E-state index contributed by atoms with van der Waals surface area (Å²) in [5, 5.41) is 0. The second kappa shape index (κ2) is 11.2. The molecule has 1 fully saturated rings. The Balaban J connectivity index is 2.02. The van der Waals surface area contributed by atoms with Crippen LogP contribution in [-0.2, 0) is 23.8 Å². The van der Waals surface area contributed by atoms with Crippen molar-refractivity contribution in [3.63, 3.8) is 0 Å². The van der Waals surface area contributed by atoms with E-state index >= 15 is 0 Å². The third-order valence-corrected chi connectivity index (χ3v) is 6.89. The Morgan fingerprint density at radius 3 is 1.83 bits per heavy atom. The van der Waals surface area contributed by atoms with Crippen molar-refractivity contribution < 1.29 is 28.6 Å². The van der Waals surface area contributed by atoms with Gasteiger partial charge in [0.05, 0.1) is 25.2 Å². The smallest absolute Gasteiger partial charge is 0.327 e. The molecule has 36 heavy (non-hydrogen) atoms. The van der Waals surface area contributed by atoms with E-state index in [0.29, 0.717) is 16.7 Å². The monoisotopic (exact) mass is 550 g/mol. The zero-order chi connectivity index (χ0) is 25.7. The van der Waals surface area contributed by atoms with Crippen LogP contribution in [0.15, 0.2) is 89.4 Å². The molecule has 1 saturated heterocycles. The number of esters is 2. The topological polar surface area (TPSA) is 78.9 Å². The average molecular weight is 551 g/mol. The lowest BCUT2D eigenvalue weighted by Gasteiger charge is -2.33. The molecule has 0 aromatic heterocycles. The van der Waals surface area contributed by atoms with Gasteiger partial charge in [0.1, 0.15) is 6.10 Å². The Morgan fingerprint density at radius 1 is 0.778 bits per heavy atom. The second-order valence-electron chi connectivity index (χ2n) is 8.42. The normalized spacial score (nSPS) is 20.5. The van der Waals surface area contributed by atoms with Gasteiger partial charge in [0.15, 0.2) is 5.78 Å². The molecule has 4 rings (SSSR count). The van der Waals surface area contributed by atoms with Crippen LogP contribution in [0.5, 0.6) is 0 Å². The number of ketones is 1. The fraction of sp³-hybridized carbons (Fsp3) is 0.276. The minimum Gasteiger partial charge on any atom is -0.465 e. The number of rotatable bonds is 8. The van der Waals surface area contributed by atoms with Gasteiger partial charge < -0.3 is 14.2 Å². The number of hydrogen-bond donors (Lipinski definition) is 0. The summed E-state index contributed by atoms with van der Waals surface area (Å²) in [4.78, 5) is 42.0. The molecule has 7 heteroatoms. The summed E-state index contributed by atoms with van der Waals surface area (Å²) in [5.41, 5.74) is -0.470. The van der Waals surface area contributed by atoms with Crippen LogP contribution < -0.4 is 0 Å². The molecular formula is C29H27BrO6. The van der Waals surface area contributed by atoms with E-state index in [9.17, 15) is 14.4 Å². The van der Waals surface area contributed by atoms with Crippen molar-refractivity contribution in [1.29, 1.82) is 0 Å². The Bertz CT molecular complexity index is 1190. The first kappa shape index (κ1) is 25.8. The molecule has 0 N–H and O–H groups in total. The predicted molar refractivity (Wildman–Crippen MR) is 137 cm³/mol. The van der Waals surface area contributed by atoms with Crippen molar-refractivity contribution in [2.75, 3.05) is 13.2 Å². The lowest BCUT2D eigenvalue weighted by molar-refractivity contribution is -0.178. The Kier molecular flexibility index (Phi) is 8.01. The van der Waals surface area contributed by atoms with E-state index < -0.39 is 41.3 Å². The molecule has 6 nitrogen and oxygen atoms in total. The van der Waals surface area contributed by atoms with Gasteiger partial charge in [-0.2, -0.15) is 0 Å². The number of hydrogen-bond acceptors (Lipinski definition) is 6. The highest BCUT2D eigenvalue weighted by Crippen LogP contribution is 2.59. The van der Waals surface area contributed by atoms with Gasteiger partial charge in [0.2, 0.25) is 5.41 Å². The second-order valence-corrected chi connectivity index (χ2v) is 9.33. The van der Waals surface area contributed by atoms with Crippen molar-refractivity contribution in [3.05, 3.63) is 106 Å². The quantitative estimate of drug-likeness (QED) is 0.198. The number of Topliss-reactive ketones (excluding diaryl/α,β-unsaturated/α-hetero) is 1. The molecule has 3 aromatic rings. The summed E-state index contributed by atoms with van der Waals surface area (Å²) < 4.78 is 18.3. The number of benzene rings is 3. The minimum atomic E-state index is -2.06. The van der Waals surface area contributed by atoms with Gasteiger partial charge in [0.25, 0.3) is 0 Å². The summed E-state index contributed by atoms with van der Waals surface area (Å²) in [6.07, 6.45) is -2.02. The average Bonchev–Trinajstić information content (AvgIpc) is 3.27. The number of carbonyl (C=O) groups excluding carboxylic acids is 3. The van der Waals surface area contributed by atoms with Gasteiger partial charge in [-0.1, -0.05) is 88.7 Å². The summed E-state index contributed by atoms with van der Waals surface area (Å²) in [7, 11) is 0. The van der Waals surface area contributed by atoms with E-state index in [1.807, 2.05) is 30.3 Å². The minimum absolute atomic E-state index is 0.0231. The lowest BCUT2D eigenvalue weighted by Crippen LogP contribution is -2.51. The maximum atomic E-state index is 14.2. The van der Waals surface area contributed by atoms with Crippen LogP contribution in [0.25, 0.3) is 0 Å². The predicted octanol–water partition coefficient (Wildman–Crippen LogP) is 5.87. The fourth-order valence-corrected chi connectivity index (χ4v) is 5.07. The maximum Gasteiger partial charge on any atom is 0.327 e. The molecule has 0 bridgehead atoms. The van der Waals surface area contributed by atoms with Crippen LogP contribution in [0.1, 0.15) is 47.5 Å². The molecule has 0 spiro atoms. The summed E-state index contributed by atoms with van der Waals surface area (Å²) in [6.45, 7) is 3.36. The van der Waals surface area contributed by atoms with E-state index in [2.05, 4.69) is 15.9 Å². The zero-order valence-electron chi connectivity index (χ0n) is 20.1. The Hall–Kier alpha value is -3.29. The molecule has 0 unspecified atom stereocenters. The van der Waals surface area contributed by atoms with Crippen LogP contribution in [0.3, 0.4) is 0 Å². The highest BCUT2D eigenvalue weighted by molar-refractivity contribution is 9.10. The van der Waals surface area contributed by atoms with E-state index in [1.54, 1.807) is 68.4 Å². The van der Waals surface area contributed by atoms with Crippen molar-refractivity contribution in [3.8, 4) is 0 Å². The Morgan fingerprint density at radius 2 is 1.31 bits per heavy atom. The summed E-state index contributed by atoms with van der Waals surface area (Å²) in [6, 6.07) is 24.9. The summed E-state index contributed by atoms with van der Waals surface area (Å²) >= 11 is 3.43. The molecule has 0 radical (unpaired) electrons. The molecule has 3 atom stereocenters. The van der Waals surface area contributed by atoms with Crippen LogP contribution in [0, 0.1) is 11.3 Å². The van der Waals surface area contributed by atoms with Crippen molar-refractivity contribution in [1.82, 2.24) is 0 Å². The van der Waals surface area contributed by atoms with E-state index in [-0.39, 0.29) is 13.2 Å². The first-order chi connectivity index (χ1) is 17.4. The molecule has 1 heterocycles. The zero-order valence-corrected chi connectivity index (χ0v) is 21.6. The summed E-state index contributed by atoms with van der Waals surface area (Å²) in [5.74, 6) is -3.31. The van der Waals surface area contributed by atoms with Gasteiger partial charge in [-0.05, 0) is 37.1 Å². The number of carbonyl (C=O) groups is 3. The molecule has 3 aromatic carbocycles. The molecule has 1 aliphatic rings. The first-order valence-corrected chi connectivity index (χ1v) is 12.6. The fourth-order valence-electron chi connectivity index (χ4n) is 4.81. The molecular weight excluding hydrogens is 524 g/mol. The van der Waals surface area contributed by atoms with Gasteiger partial charge >= 0.3 is 11.9 Å². The number of halogens is 1. The molecule has 186 valence electrons. The van der Waals surface area contributed by atoms with Crippen LogP contribution in [0.2, 0.25) is 0 Å². The van der Waals surface area contributed by atoms with Gasteiger partial charge in [0, 0.05) is 10.0 Å². The Labute approximate surface area is 218 Å². The van der Waals surface area contributed by atoms with Gasteiger partial charge in [-0.15, -0.1) is 0 Å². The molecule has 0 saturated carbocycles. The van der Waals surface area contributed by atoms with E-state index in [0.717, 1.165) is 4.47 Å². The van der Waals surface area contributed by atoms with Crippen molar-refractivity contribution in [2.24, 2.45) is 11.3 Å². The third kappa shape index (κ3) is 4.61. The highest BCUT2D eigenvalue weighted by atomic mass is 79.9. The van der Waals surface area contributed by atoms with Gasteiger partial charge in [-0.3, -0.25) is 14.4 Å². The van der Waals surface area contributed by atoms with Crippen molar-refractivity contribution >= 4 is 33.7 Å². The van der Waals surface area contributed by atoms with Crippen LogP contribution >= 0.6 is 15.9 Å². The molecule has 1 aliphatic heterocycles. The molecule has 0 aliphatic carbocycles. The largest absolute Gasteiger partial charge is 0.465 e. The van der Waals surface area contributed by atoms with Gasteiger partial charge in [-0.25, -0.2) is 0 Å². The van der Waals surface area contributed by atoms with Crippen molar-refractivity contribution in [2.45, 2.75) is 26.1 Å². The standard InChI is InChI=1S/C29H27BrO6/c1-3-34-27(32)29(28(33)35-4-2)23(24(31)19-11-7-5-8-12-19)25(20-13-9-6-10-14-20)36-26(29)21-15-17-22(30)18-16-21/h5-18,23,25-26H,3-4H2,1-2H3/t23-,25+,26-/m1/s1. The first-order valence-electron chi connectivity index (χ1n) is 11.8. The van der Waals surface area contributed by atoms with E-state index in [4.69, 9.17) is 14.2 Å². The molecule has 0 amide bonds. The van der Waals surface area contributed by atoms with E-state index in [1.165, 1.54) is 0 Å². The number of ether oxygens (including phenoxy) is 3. The lowest BCUT2D eigenvalue weighted by atomic mass is 9.66. The SMILES string of the molecule is CCOC(=O)C1(C(=O)OCC)[C@@H](c2ccc(Br)cc2)O[C@@H](c2ccccc2)[C@H]1C(=O)c1ccccc1. The highest BCUT2D eigenvalue weighted by Gasteiger charge is 2.70. The maximum absolute atomic E-state index is 14.2. The van der Waals surface area contributed by atoms with Crippen LogP contribution in [-0.4, -0.2) is 30.9 Å². The third-order valence-electron chi connectivity index (χ3n) is 6.36. The van der Waals surface area contributed by atoms with Crippen LogP contribution in [0.4, 0.5) is 0 Å².